The summed E-state index contributed by atoms with van der Waals surface area (Å²) in [6.45, 7) is 2.89. The van der Waals surface area contributed by atoms with Gasteiger partial charge in [-0.2, -0.15) is 13.2 Å². The first-order chi connectivity index (χ1) is 12.0. The van der Waals surface area contributed by atoms with Gasteiger partial charge in [-0.05, 0) is 24.1 Å². The Hall–Kier alpha value is -1.80. The summed E-state index contributed by atoms with van der Waals surface area (Å²) in [6.07, 6.45) is -3.94. The van der Waals surface area contributed by atoms with Crippen LogP contribution in [0.1, 0.15) is 23.7 Å². The molecule has 0 aliphatic carbocycles. The van der Waals surface area contributed by atoms with Crippen LogP contribution in [0.2, 0.25) is 0 Å². The standard InChI is InChI=1S/C17H24F3N3O2/c1-21-16(22-7-4-9-24-2)23-8-10-25-15(12-23)13-5-3-6-14(11-13)17(18,19)20/h3,5-6,11,15H,4,7-10,12H2,1-2H3,(H,21,22). The summed E-state index contributed by atoms with van der Waals surface area (Å²) in [6, 6.07) is 5.31. The number of guanidine groups is 1. The van der Waals surface area contributed by atoms with E-state index in [4.69, 9.17) is 9.47 Å². The normalized spacial score (nSPS) is 19.2. The van der Waals surface area contributed by atoms with E-state index in [-0.39, 0.29) is 0 Å². The van der Waals surface area contributed by atoms with Gasteiger partial charge in [0.1, 0.15) is 6.10 Å². The van der Waals surface area contributed by atoms with Crippen molar-refractivity contribution in [1.82, 2.24) is 10.2 Å². The molecule has 140 valence electrons. The Balaban J connectivity index is 2.02. The predicted molar refractivity (Wildman–Crippen MR) is 89.6 cm³/mol. The third kappa shape index (κ3) is 5.61. The summed E-state index contributed by atoms with van der Waals surface area (Å²) >= 11 is 0. The zero-order valence-corrected chi connectivity index (χ0v) is 14.5. The minimum absolute atomic E-state index is 0.423. The molecule has 5 nitrogen and oxygen atoms in total. The molecule has 1 aliphatic rings. The van der Waals surface area contributed by atoms with Gasteiger partial charge in [-0.3, -0.25) is 4.99 Å². The number of benzene rings is 1. The lowest BCUT2D eigenvalue weighted by Gasteiger charge is -2.35. The van der Waals surface area contributed by atoms with Gasteiger partial charge < -0.3 is 19.7 Å². The number of aliphatic imine (C=N–C) groups is 1. The average molecular weight is 359 g/mol. The minimum atomic E-state index is -4.36. The van der Waals surface area contributed by atoms with Crippen LogP contribution < -0.4 is 5.32 Å². The fourth-order valence-corrected chi connectivity index (χ4v) is 2.71. The van der Waals surface area contributed by atoms with Crippen molar-refractivity contribution in [2.75, 3.05) is 47.0 Å². The number of nitrogens with zero attached hydrogens (tertiary/aromatic N) is 2. The van der Waals surface area contributed by atoms with Gasteiger partial charge in [0, 0.05) is 33.9 Å². The molecule has 1 N–H and O–H groups in total. The molecule has 1 aromatic rings. The predicted octanol–water partition coefficient (Wildman–Crippen LogP) is 2.69. The highest BCUT2D eigenvalue weighted by Crippen LogP contribution is 2.32. The Kier molecular flexibility index (Phi) is 7.07. The van der Waals surface area contributed by atoms with Crippen molar-refractivity contribution in [2.45, 2.75) is 18.7 Å². The molecule has 1 aliphatic heterocycles. The fraction of sp³-hybridized carbons (Fsp3) is 0.588. The number of alkyl halides is 3. The van der Waals surface area contributed by atoms with E-state index in [2.05, 4.69) is 10.3 Å². The molecule has 0 bridgehead atoms. The summed E-state index contributed by atoms with van der Waals surface area (Å²) in [7, 11) is 3.34. The van der Waals surface area contributed by atoms with Gasteiger partial charge in [-0.1, -0.05) is 12.1 Å². The Labute approximate surface area is 145 Å². The van der Waals surface area contributed by atoms with E-state index in [0.717, 1.165) is 24.5 Å². The molecule has 1 aromatic carbocycles. The second-order valence-electron chi connectivity index (χ2n) is 5.75. The van der Waals surface area contributed by atoms with E-state index in [0.29, 0.717) is 38.4 Å². The van der Waals surface area contributed by atoms with Gasteiger partial charge in [0.05, 0.1) is 18.7 Å². The van der Waals surface area contributed by atoms with E-state index >= 15 is 0 Å². The first-order valence-corrected chi connectivity index (χ1v) is 8.19. The molecule has 2 rings (SSSR count). The van der Waals surface area contributed by atoms with Gasteiger partial charge in [-0.15, -0.1) is 0 Å². The molecular weight excluding hydrogens is 335 g/mol. The van der Waals surface area contributed by atoms with Crippen LogP contribution in [-0.2, 0) is 15.7 Å². The van der Waals surface area contributed by atoms with Gasteiger partial charge in [0.2, 0.25) is 0 Å². The highest BCUT2D eigenvalue weighted by molar-refractivity contribution is 5.80. The smallest absolute Gasteiger partial charge is 0.385 e. The van der Waals surface area contributed by atoms with Crippen LogP contribution in [0.5, 0.6) is 0 Å². The van der Waals surface area contributed by atoms with E-state index in [1.165, 1.54) is 6.07 Å². The number of ether oxygens (including phenoxy) is 2. The third-order valence-electron chi connectivity index (χ3n) is 3.97. The molecule has 1 heterocycles. The number of rotatable bonds is 5. The van der Waals surface area contributed by atoms with Crippen molar-refractivity contribution in [3.05, 3.63) is 35.4 Å². The molecule has 1 fully saturated rings. The van der Waals surface area contributed by atoms with Crippen molar-refractivity contribution in [3.63, 3.8) is 0 Å². The van der Waals surface area contributed by atoms with Crippen molar-refractivity contribution in [1.29, 1.82) is 0 Å². The first kappa shape index (κ1) is 19.5. The SMILES string of the molecule is CN=C(NCCCOC)N1CCOC(c2cccc(C(F)(F)F)c2)C1. The van der Waals surface area contributed by atoms with Gasteiger partial charge in [-0.25, -0.2) is 0 Å². The number of nitrogens with one attached hydrogen (secondary N) is 1. The molecule has 25 heavy (non-hydrogen) atoms. The van der Waals surface area contributed by atoms with Crippen LogP contribution in [0.15, 0.2) is 29.3 Å². The van der Waals surface area contributed by atoms with Crippen LogP contribution in [-0.4, -0.2) is 57.9 Å². The summed E-state index contributed by atoms with van der Waals surface area (Å²) in [5.41, 5.74) is -0.137. The number of methoxy groups -OCH3 is 1. The van der Waals surface area contributed by atoms with Gasteiger partial charge in [0.15, 0.2) is 5.96 Å². The first-order valence-electron chi connectivity index (χ1n) is 8.19. The lowest BCUT2D eigenvalue weighted by atomic mass is 10.0. The van der Waals surface area contributed by atoms with Gasteiger partial charge >= 0.3 is 6.18 Å². The highest BCUT2D eigenvalue weighted by Gasteiger charge is 2.32. The number of halogens is 3. The molecule has 0 spiro atoms. The average Bonchev–Trinajstić information content (AvgIpc) is 2.61. The number of hydrogen-bond donors (Lipinski definition) is 1. The van der Waals surface area contributed by atoms with E-state index in [1.807, 2.05) is 4.90 Å². The maximum Gasteiger partial charge on any atom is 0.416 e. The van der Waals surface area contributed by atoms with Crippen LogP contribution in [0.4, 0.5) is 13.2 Å². The summed E-state index contributed by atoms with van der Waals surface area (Å²) in [5.74, 6) is 0.719. The summed E-state index contributed by atoms with van der Waals surface area (Å²) < 4.78 is 49.4. The van der Waals surface area contributed by atoms with Crippen LogP contribution in [0.25, 0.3) is 0 Å². The number of morpholine rings is 1. The highest BCUT2D eigenvalue weighted by atomic mass is 19.4. The zero-order chi connectivity index (χ0) is 18.3. The van der Waals surface area contributed by atoms with Crippen LogP contribution in [0.3, 0.4) is 0 Å². The van der Waals surface area contributed by atoms with E-state index in [1.54, 1.807) is 20.2 Å². The maximum atomic E-state index is 12.9. The molecule has 0 radical (unpaired) electrons. The Morgan fingerprint density at radius 1 is 1.44 bits per heavy atom. The minimum Gasteiger partial charge on any atom is -0.385 e. The quantitative estimate of drug-likeness (QED) is 0.499. The topological polar surface area (TPSA) is 46.1 Å². The number of hydrogen-bond acceptors (Lipinski definition) is 3. The van der Waals surface area contributed by atoms with Crippen LogP contribution >= 0.6 is 0 Å². The summed E-state index contributed by atoms with van der Waals surface area (Å²) in [4.78, 5) is 6.25. The lowest BCUT2D eigenvalue weighted by Crippen LogP contribution is -2.48. The van der Waals surface area contributed by atoms with E-state index < -0.39 is 17.8 Å². The van der Waals surface area contributed by atoms with Crippen molar-refractivity contribution in [3.8, 4) is 0 Å². The van der Waals surface area contributed by atoms with E-state index in [9.17, 15) is 13.2 Å². The fourth-order valence-electron chi connectivity index (χ4n) is 2.71. The third-order valence-corrected chi connectivity index (χ3v) is 3.97. The monoisotopic (exact) mass is 359 g/mol. The molecule has 1 unspecified atom stereocenters. The Morgan fingerprint density at radius 3 is 2.92 bits per heavy atom. The molecule has 0 aromatic heterocycles. The lowest BCUT2D eigenvalue weighted by molar-refractivity contribution is -0.137. The maximum absolute atomic E-state index is 12.9. The summed E-state index contributed by atoms with van der Waals surface area (Å²) in [5, 5.41) is 3.24. The largest absolute Gasteiger partial charge is 0.416 e. The second kappa shape index (κ2) is 9.05. The van der Waals surface area contributed by atoms with Crippen molar-refractivity contribution >= 4 is 5.96 Å². The second-order valence-corrected chi connectivity index (χ2v) is 5.75. The molecule has 0 amide bonds. The Bertz CT molecular complexity index is 579. The zero-order valence-electron chi connectivity index (χ0n) is 14.5. The molecule has 8 heteroatoms. The van der Waals surface area contributed by atoms with Crippen molar-refractivity contribution in [2.24, 2.45) is 4.99 Å². The van der Waals surface area contributed by atoms with Gasteiger partial charge in [0.25, 0.3) is 0 Å². The molecule has 1 atom stereocenters. The van der Waals surface area contributed by atoms with Crippen LogP contribution in [0, 0.1) is 0 Å². The molecule has 0 saturated carbocycles. The molecular formula is C17H24F3N3O2. The Morgan fingerprint density at radius 2 is 2.24 bits per heavy atom. The molecule has 1 saturated heterocycles. The van der Waals surface area contributed by atoms with Crippen molar-refractivity contribution < 1.29 is 22.6 Å².